The number of urea groups is 1. The maximum Gasteiger partial charge on any atom is 0.416 e. The number of aromatic nitrogens is 1. The zero-order valence-corrected chi connectivity index (χ0v) is 15.1. The average molecular weight is 404 g/mol. The van der Waals surface area contributed by atoms with Crippen LogP contribution in [0, 0.1) is 0 Å². The van der Waals surface area contributed by atoms with E-state index in [1.54, 1.807) is 36.5 Å². The number of alkyl halides is 3. The third-order valence-electron chi connectivity index (χ3n) is 3.55. The predicted octanol–water partition coefficient (Wildman–Crippen LogP) is 5.48. The summed E-state index contributed by atoms with van der Waals surface area (Å²) in [6.07, 6.45) is -2.81. The molecule has 0 radical (unpaired) electrons. The van der Waals surface area contributed by atoms with Crippen molar-refractivity contribution in [1.29, 1.82) is 0 Å². The molecule has 28 heavy (non-hydrogen) atoms. The van der Waals surface area contributed by atoms with Gasteiger partial charge in [0.25, 0.3) is 0 Å². The quantitative estimate of drug-likeness (QED) is 0.538. The van der Waals surface area contributed by atoms with Crippen LogP contribution in [-0.4, -0.2) is 11.0 Å². The second-order valence-corrected chi connectivity index (χ2v) is 6.85. The Hall–Kier alpha value is -3.20. The number of pyridine rings is 1. The van der Waals surface area contributed by atoms with Crippen LogP contribution < -0.4 is 16.4 Å². The summed E-state index contributed by atoms with van der Waals surface area (Å²) in [5.74, 6) is 0.440. The number of carbonyl (C=O) groups is 1. The molecule has 0 unspecified atom stereocenters. The summed E-state index contributed by atoms with van der Waals surface area (Å²) in [5, 5.41) is 4.96. The summed E-state index contributed by atoms with van der Waals surface area (Å²) < 4.78 is 38.2. The first-order chi connectivity index (χ1) is 13.3. The fourth-order valence-electron chi connectivity index (χ4n) is 2.26. The van der Waals surface area contributed by atoms with Crippen molar-refractivity contribution in [3.05, 3.63) is 72.4 Å². The average Bonchev–Trinajstić information content (AvgIpc) is 2.65. The normalized spacial score (nSPS) is 11.1. The van der Waals surface area contributed by atoms with E-state index in [9.17, 15) is 18.0 Å². The minimum atomic E-state index is -4.47. The molecule has 3 aromatic rings. The number of nitrogen functional groups attached to an aromatic ring is 1. The van der Waals surface area contributed by atoms with Gasteiger partial charge in [0, 0.05) is 27.4 Å². The molecule has 4 N–H and O–H groups in total. The van der Waals surface area contributed by atoms with Gasteiger partial charge in [0.05, 0.1) is 5.56 Å². The molecule has 9 heteroatoms. The molecule has 5 nitrogen and oxygen atoms in total. The standard InChI is InChI=1S/C19H15F3N4OS/c20-19(21,22)12-2-1-3-14(10-12)26-18(27)25-13-4-6-15(7-5-13)28-16-8-9-17(23)24-11-16/h1-11H,(H2,23,24)(H2,25,26,27). The Labute approximate surface area is 163 Å². The van der Waals surface area contributed by atoms with Gasteiger partial charge in [0.15, 0.2) is 0 Å². The van der Waals surface area contributed by atoms with Gasteiger partial charge >= 0.3 is 12.2 Å². The van der Waals surface area contributed by atoms with Crippen molar-refractivity contribution < 1.29 is 18.0 Å². The summed E-state index contributed by atoms with van der Waals surface area (Å²) in [5.41, 5.74) is 5.27. The predicted molar refractivity (Wildman–Crippen MR) is 103 cm³/mol. The number of hydrogen-bond donors (Lipinski definition) is 3. The molecule has 0 aliphatic heterocycles. The van der Waals surface area contributed by atoms with Crippen LogP contribution in [0.25, 0.3) is 0 Å². The molecule has 0 spiro atoms. The van der Waals surface area contributed by atoms with E-state index >= 15 is 0 Å². The molecular weight excluding hydrogens is 389 g/mol. The van der Waals surface area contributed by atoms with Gasteiger partial charge in [-0.2, -0.15) is 13.2 Å². The SMILES string of the molecule is Nc1ccc(Sc2ccc(NC(=O)Nc3cccc(C(F)(F)F)c3)cc2)cn1. The Bertz CT molecular complexity index is 960. The number of nitrogens with zero attached hydrogens (tertiary/aromatic N) is 1. The summed E-state index contributed by atoms with van der Waals surface area (Å²) >= 11 is 1.48. The van der Waals surface area contributed by atoms with E-state index in [1.807, 2.05) is 6.07 Å². The lowest BCUT2D eigenvalue weighted by Gasteiger charge is -2.11. The van der Waals surface area contributed by atoms with Crippen LogP contribution in [-0.2, 0) is 6.18 Å². The van der Waals surface area contributed by atoms with Crippen LogP contribution >= 0.6 is 11.8 Å². The van der Waals surface area contributed by atoms with Crippen molar-refractivity contribution in [1.82, 2.24) is 4.98 Å². The molecule has 1 aromatic heterocycles. The summed E-state index contributed by atoms with van der Waals surface area (Å²) in [7, 11) is 0. The third kappa shape index (κ3) is 5.40. The Balaban J connectivity index is 1.59. The number of benzene rings is 2. The van der Waals surface area contributed by atoms with Crippen molar-refractivity contribution in [2.75, 3.05) is 16.4 Å². The van der Waals surface area contributed by atoms with Crippen LogP contribution in [0.3, 0.4) is 0 Å². The zero-order chi connectivity index (χ0) is 20.1. The number of anilines is 3. The van der Waals surface area contributed by atoms with Gasteiger partial charge in [0.2, 0.25) is 0 Å². The molecule has 0 aliphatic rings. The molecule has 2 amide bonds. The fourth-order valence-corrected chi connectivity index (χ4v) is 3.05. The van der Waals surface area contributed by atoms with Gasteiger partial charge in [-0.25, -0.2) is 9.78 Å². The second-order valence-electron chi connectivity index (χ2n) is 5.70. The highest BCUT2D eigenvalue weighted by molar-refractivity contribution is 7.99. The van der Waals surface area contributed by atoms with Crippen molar-refractivity contribution in [3.8, 4) is 0 Å². The maximum atomic E-state index is 12.7. The van der Waals surface area contributed by atoms with E-state index in [0.717, 1.165) is 21.9 Å². The van der Waals surface area contributed by atoms with Gasteiger partial charge in [-0.1, -0.05) is 17.8 Å². The highest BCUT2D eigenvalue weighted by atomic mass is 32.2. The van der Waals surface area contributed by atoms with Gasteiger partial charge in [-0.05, 0) is 54.6 Å². The molecular formula is C19H15F3N4OS. The molecule has 144 valence electrons. The molecule has 0 saturated heterocycles. The summed E-state index contributed by atoms with van der Waals surface area (Å²) in [6, 6.07) is 14.3. The number of nitrogens with one attached hydrogen (secondary N) is 2. The summed E-state index contributed by atoms with van der Waals surface area (Å²) in [6.45, 7) is 0. The van der Waals surface area contributed by atoms with Crippen molar-refractivity contribution in [2.45, 2.75) is 16.0 Å². The van der Waals surface area contributed by atoms with Gasteiger partial charge in [-0.3, -0.25) is 0 Å². The molecule has 0 bridgehead atoms. The van der Waals surface area contributed by atoms with E-state index < -0.39 is 17.8 Å². The van der Waals surface area contributed by atoms with E-state index in [-0.39, 0.29) is 5.69 Å². The lowest BCUT2D eigenvalue weighted by molar-refractivity contribution is -0.137. The minimum absolute atomic E-state index is 0.0513. The van der Waals surface area contributed by atoms with Crippen LogP contribution in [0.1, 0.15) is 5.56 Å². The lowest BCUT2D eigenvalue weighted by atomic mass is 10.2. The Morgan fingerprint density at radius 3 is 2.25 bits per heavy atom. The maximum absolute atomic E-state index is 12.7. The van der Waals surface area contributed by atoms with Gasteiger partial charge in [-0.15, -0.1) is 0 Å². The van der Waals surface area contributed by atoms with E-state index in [4.69, 9.17) is 5.73 Å². The molecule has 1 heterocycles. The Morgan fingerprint density at radius 1 is 0.929 bits per heavy atom. The highest BCUT2D eigenvalue weighted by Gasteiger charge is 2.30. The third-order valence-corrected chi connectivity index (χ3v) is 4.54. The molecule has 0 saturated carbocycles. The molecule has 0 atom stereocenters. The van der Waals surface area contributed by atoms with Crippen LogP contribution in [0.4, 0.5) is 35.2 Å². The topological polar surface area (TPSA) is 80.0 Å². The minimum Gasteiger partial charge on any atom is -0.384 e. The van der Waals surface area contributed by atoms with E-state index in [1.165, 1.54) is 23.9 Å². The molecule has 0 fully saturated rings. The van der Waals surface area contributed by atoms with E-state index in [0.29, 0.717) is 11.5 Å². The number of hydrogen-bond acceptors (Lipinski definition) is 4. The number of halogens is 3. The van der Waals surface area contributed by atoms with Crippen LogP contribution in [0.2, 0.25) is 0 Å². The smallest absolute Gasteiger partial charge is 0.384 e. The van der Waals surface area contributed by atoms with Gasteiger partial charge < -0.3 is 16.4 Å². The summed E-state index contributed by atoms with van der Waals surface area (Å²) in [4.78, 5) is 17.9. The highest BCUT2D eigenvalue weighted by Crippen LogP contribution is 2.31. The van der Waals surface area contributed by atoms with Crippen molar-refractivity contribution >= 4 is 35.0 Å². The van der Waals surface area contributed by atoms with Crippen LogP contribution in [0.15, 0.2) is 76.7 Å². The van der Waals surface area contributed by atoms with Crippen molar-refractivity contribution in [2.24, 2.45) is 0 Å². The van der Waals surface area contributed by atoms with Crippen molar-refractivity contribution in [3.63, 3.8) is 0 Å². The van der Waals surface area contributed by atoms with Crippen LogP contribution in [0.5, 0.6) is 0 Å². The first-order valence-electron chi connectivity index (χ1n) is 8.04. The lowest BCUT2D eigenvalue weighted by Crippen LogP contribution is -2.19. The number of carbonyl (C=O) groups excluding carboxylic acids is 1. The first kappa shape index (κ1) is 19.6. The first-order valence-corrected chi connectivity index (χ1v) is 8.86. The fraction of sp³-hybridized carbons (Fsp3) is 0.0526. The zero-order valence-electron chi connectivity index (χ0n) is 14.3. The number of nitrogens with two attached hydrogens (primary N) is 1. The number of rotatable bonds is 4. The molecule has 2 aromatic carbocycles. The molecule has 0 aliphatic carbocycles. The molecule has 3 rings (SSSR count). The Morgan fingerprint density at radius 2 is 1.61 bits per heavy atom. The number of amides is 2. The monoisotopic (exact) mass is 404 g/mol. The van der Waals surface area contributed by atoms with Gasteiger partial charge in [0.1, 0.15) is 5.82 Å². The second kappa shape index (κ2) is 8.22. The Kier molecular flexibility index (Phi) is 5.74. The largest absolute Gasteiger partial charge is 0.416 e. The van der Waals surface area contributed by atoms with E-state index in [2.05, 4.69) is 15.6 Å².